The summed E-state index contributed by atoms with van der Waals surface area (Å²) in [6.07, 6.45) is 3.99. The summed E-state index contributed by atoms with van der Waals surface area (Å²) in [5.74, 6) is 2.21. The third kappa shape index (κ3) is 9.09. The van der Waals surface area contributed by atoms with Crippen LogP contribution in [0.4, 0.5) is 22.7 Å². The van der Waals surface area contributed by atoms with Gasteiger partial charge in [-0.05, 0) is 110 Å². The normalized spacial score (nSPS) is 17.0. The van der Waals surface area contributed by atoms with Crippen molar-refractivity contribution in [2.75, 3.05) is 43.2 Å². The highest BCUT2D eigenvalue weighted by molar-refractivity contribution is 9.08. The maximum absolute atomic E-state index is 11.2. The number of nitro groups is 2. The molecule has 0 aromatic heterocycles. The molecule has 4 aromatic rings. The summed E-state index contributed by atoms with van der Waals surface area (Å²) in [6.45, 7) is 7.61. The quantitative estimate of drug-likeness (QED) is 0.0616. The zero-order valence-electron chi connectivity index (χ0n) is 30.3. The van der Waals surface area contributed by atoms with E-state index in [-0.39, 0.29) is 33.3 Å². The van der Waals surface area contributed by atoms with E-state index in [1.54, 1.807) is 31.4 Å². The van der Waals surface area contributed by atoms with Crippen LogP contribution in [0.1, 0.15) is 53.5 Å². The first-order valence-electron chi connectivity index (χ1n) is 17.9. The number of halogens is 1. The van der Waals surface area contributed by atoms with E-state index in [0.29, 0.717) is 37.5 Å². The Morgan fingerprint density at radius 2 is 1.19 bits per heavy atom. The molecule has 0 spiro atoms. The van der Waals surface area contributed by atoms with Crippen molar-refractivity contribution in [3.05, 3.63) is 121 Å². The van der Waals surface area contributed by atoms with Gasteiger partial charge >= 0.3 is 0 Å². The highest BCUT2D eigenvalue weighted by Crippen LogP contribution is 2.36. The predicted molar refractivity (Wildman–Crippen MR) is 208 cm³/mol. The van der Waals surface area contributed by atoms with Gasteiger partial charge in [-0.15, -0.1) is 0 Å². The standard InChI is InChI=1S/C40H45BrN4O8/c1-27-18-38(50-3)19-29(22-41)40(27)53-39-20-30(23-51-25-36-6-4-16-42(36)32-8-12-34(13-9-32)44(46)47)28(2)31(21-39)24-52-26-37-7-5-17-43(37)33-10-14-35(15-11-33)45(48)49/h8-15,18-21,36-37H,4-7,16-17,22-26H2,1-3H3. The number of nitrogens with zero attached hydrogens (tertiary/aromatic N) is 4. The molecule has 12 nitrogen and oxygen atoms in total. The summed E-state index contributed by atoms with van der Waals surface area (Å²) >= 11 is 3.61. The minimum absolute atomic E-state index is 0.0799. The molecule has 6 rings (SSSR count). The molecule has 2 aliphatic heterocycles. The van der Waals surface area contributed by atoms with Crippen molar-refractivity contribution in [2.24, 2.45) is 0 Å². The molecule has 280 valence electrons. The molecule has 0 saturated carbocycles. The van der Waals surface area contributed by atoms with Gasteiger partial charge in [0, 0.05) is 59.6 Å². The number of nitro benzene ring substituents is 2. The monoisotopic (exact) mass is 788 g/mol. The van der Waals surface area contributed by atoms with Gasteiger partial charge in [0.05, 0.1) is 55.5 Å². The Balaban J connectivity index is 1.18. The lowest BCUT2D eigenvalue weighted by molar-refractivity contribution is -0.385. The summed E-state index contributed by atoms with van der Waals surface area (Å²) in [4.78, 5) is 26.1. The number of ether oxygens (including phenoxy) is 4. The average Bonchev–Trinajstić information content (AvgIpc) is 3.84. The van der Waals surface area contributed by atoms with Crippen LogP contribution in [-0.2, 0) is 28.0 Å². The van der Waals surface area contributed by atoms with Gasteiger partial charge in [-0.3, -0.25) is 20.2 Å². The van der Waals surface area contributed by atoms with Crippen LogP contribution in [0.15, 0.2) is 72.8 Å². The third-order valence-corrected chi connectivity index (χ3v) is 10.8. The number of hydrogen-bond donors (Lipinski definition) is 0. The van der Waals surface area contributed by atoms with E-state index in [2.05, 4.69) is 32.7 Å². The second kappa shape index (κ2) is 17.4. The van der Waals surface area contributed by atoms with E-state index in [9.17, 15) is 20.2 Å². The summed E-state index contributed by atoms with van der Waals surface area (Å²) in [5, 5.41) is 22.9. The molecule has 2 aliphatic rings. The number of rotatable bonds is 16. The van der Waals surface area contributed by atoms with Crippen molar-refractivity contribution in [1.29, 1.82) is 0 Å². The van der Waals surface area contributed by atoms with Gasteiger partial charge in [-0.25, -0.2) is 0 Å². The van der Waals surface area contributed by atoms with Gasteiger partial charge in [0.15, 0.2) is 0 Å². The van der Waals surface area contributed by atoms with Crippen LogP contribution in [0.2, 0.25) is 0 Å². The van der Waals surface area contributed by atoms with Crippen LogP contribution < -0.4 is 19.3 Å². The Bertz CT molecular complexity index is 1800. The van der Waals surface area contributed by atoms with Crippen LogP contribution in [-0.4, -0.2) is 55.3 Å². The summed E-state index contributed by atoms with van der Waals surface area (Å²) in [5.41, 5.74) is 7.07. The Morgan fingerprint density at radius 3 is 1.62 bits per heavy atom. The van der Waals surface area contributed by atoms with E-state index >= 15 is 0 Å². The molecular formula is C40H45BrN4O8. The lowest BCUT2D eigenvalue weighted by Gasteiger charge is -2.27. The number of alkyl halides is 1. The molecule has 0 bridgehead atoms. The fourth-order valence-corrected chi connectivity index (χ4v) is 7.71. The fourth-order valence-electron chi connectivity index (χ4n) is 7.30. The van der Waals surface area contributed by atoms with Crippen molar-refractivity contribution in [1.82, 2.24) is 0 Å². The predicted octanol–water partition coefficient (Wildman–Crippen LogP) is 9.19. The second-order valence-electron chi connectivity index (χ2n) is 13.6. The number of anilines is 2. The van der Waals surface area contributed by atoms with E-state index < -0.39 is 0 Å². The largest absolute Gasteiger partial charge is 0.497 e. The Morgan fingerprint density at radius 1 is 0.717 bits per heavy atom. The maximum Gasteiger partial charge on any atom is 0.269 e. The number of hydrogen-bond acceptors (Lipinski definition) is 10. The van der Waals surface area contributed by atoms with E-state index in [4.69, 9.17) is 18.9 Å². The second-order valence-corrected chi connectivity index (χ2v) is 14.2. The van der Waals surface area contributed by atoms with Gasteiger partial charge in [0.1, 0.15) is 17.2 Å². The maximum atomic E-state index is 11.2. The molecule has 0 aliphatic carbocycles. The van der Waals surface area contributed by atoms with E-state index in [1.165, 1.54) is 0 Å². The van der Waals surface area contributed by atoms with Crippen LogP contribution in [0.3, 0.4) is 0 Å². The smallest absolute Gasteiger partial charge is 0.269 e. The summed E-state index contributed by atoms with van der Waals surface area (Å²) in [7, 11) is 1.65. The minimum atomic E-state index is -0.379. The molecule has 2 heterocycles. The number of methoxy groups -OCH3 is 1. The van der Waals surface area contributed by atoms with Crippen LogP contribution in [0.5, 0.6) is 17.2 Å². The molecule has 0 radical (unpaired) electrons. The van der Waals surface area contributed by atoms with Gasteiger partial charge in [-0.2, -0.15) is 0 Å². The molecule has 4 aromatic carbocycles. The molecular weight excluding hydrogens is 744 g/mol. The number of aryl methyl sites for hydroxylation is 1. The fraction of sp³-hybridized carbons (Fsp3) is 0.400. The van der Waals surface area contributed by atoms with Gasteiger partial charge in [0.25, 0.3) is 11.4 Å². The van der Waals surface area contributed by atoms with Crippen LogP contribution >= 0.6 is 15.9 Å². The first-order chi connectivity index (χ1) is 25.6. The van der Waals surface area contributed by atoms with Gasteiger partial charge < -0.3 is 28.7 Å². The van der Waals surface area contributed by atoms with Crippen molar-refractivity contribution in [2.45, 2.75) is 70.2 Å². The molecule has 0 N–H and O–H groups in total. The highest BCUT2D eigenvalue weighted by atomic mass is 79.9. The van der Waals surface area contributed by atoms with Crippen molar-refractivity contribution in [3.8, 4) is 17.2 Å². The minimum Gasteiger partial charge on any atom is -0.497 e. The van der Waals surface area contributed by atoms with Crippen LogP contribution in [0.25, 0.3) is 0 Å². The van der Waals surface area contributed by atoms with E-state index in [1.807, 2.05) is 55.5 Å². The van der Waals surface area contributed by atoms with E-state index in [0.717, 1.165) is 89.5 Å². The van der Waals surface area contributed by atoms with Crippen molar-refractivity contribution < 1.29 is 28.8 Å². The summed E-state index contributed by atoms with van der Waals surface area (Å²) in [6, 6.07) is 21.8. The first-order valence-corrected chi connectivity index (χ1v) is 19.0. The molecule has 2 unspecified atom stereocenters. The SMILES string of the molecule is COc1cc(C)c(Oc2cc(COCC3CCCN3c3ccc([N+](=O)[O-])cc3)c(C)c(COCC3CCCN3c3ccc([N+](=O)[O-])cc3)c2)c(CBr)c1. The summed E-state index contributed by atoms with van der Waals surface area (Å²) < 4.78 is 24.9. The molecule has 2 fully saturated rings. The number of benzene rings is 4. The van der Waals surface area contributed by atoms with Crippen LogP contribution in [0, 0.1) is 34.1 Å². The molecule has 0 amide bonds. The molecule has 13 heteroatoms. The molecule has 2 saturated heterocycles. The van der Waals surface area contributed by atoms with Gasteiger partial charge in [-0.1, -0.05) is 15.9 Å². The Kier molecular flexibility index (Phi) is 12.5. The highest BCUT2D eigenvalue weighted by Gasteiger charge is 2.27. The van der Waals surface area contributed by atoms with Gasteiger partial charge in [0.2, 0.25) is 0 Å². The third-order valence-electron chi connectivity index (χ3n) is 10.2. The zero-order chi connectivity index (χ0) is 37.5. The lowest BCUT2D eigenvalue weighted by atomic mass is 10.0. The Labute approximate surface area is 318 Å². The zero-order valence-corrected chi connectivity index (χ0v) is 31.9. The van der Waals surface area contributed by atoms with Crippen molar-refractivity contribution in [3.63, 3.8) is 0 Å². The topological polar surface area (TPSA) is 130 Å². The Hall–Kier alpha value is -4.72. The molecule has 53 heavy (non-hydrogen) atoms. The van der Waals surface area contributed by atoms with Crippen molar-refractivity contribution >= 4 is 38.7 Å². The average molecular weight is 790 g/mol. The lowest BCUT2D eigenvalue weighted by Crippen LogP contribution is -2.33. The number of non-ortho nitro benzene ring substituents is 2. The molecule has 2 atom stereocenters. The first kappa shape index (κ1) is 38.0.